The first-order valence-corrected chi connectivity index (χ1v) is 12.8. The molecule has 0 aliphatic rings. The van der Waals surface area contributed by atoms with Gasteiger partial charge in [0.15, 0.2) is 11.0 Å². The number of hydrazone groups is 1. The molecule has 182 valence electrons. The second-order valence-electron chi connectivity index (χ2n) is 8.41. The van der Waals surface area contributed by atoms with Crippen molar-refractivity contribution in [1.29, 1.82) is 0 Å². The summed E-state index contributed by atoms with van der Waals surface area (Å²) in [5, 5.41) is 13.6. The summed E-state index contributed by atoms with van der Waals surface area (Å²) in [6.45, 7) is 2.05. The highest BCUT2D eigenvalue weighted by Crippen LogP contribution is 2.28. The number of aromatic nitrogens is 3. The molecule has 0 aliphatic carbocycles. The fourth-order valence-electron chi connectivity index (χ4n) is 3.80. The highest BCUT2D eigenvalue weighted by atomic mass is 32.2. The maximum atomic E-state index is 12.5. The lowest BCUT2D eigenvalue weighted by molar-refractivity contribution is -0.118. The summed E-state index contributed by atoms with van der Waals surface area (Å²) in [7, 11) is 0. The summed E-state index contributed by atoms with van der Waals surface area (Å²) < 4.78 is 1.98. The van der Waals surface area contributed by atoms with Gasteiger partial charge in [-0.05, 0) is 35.7 Å². The molecule has 0 spiro atoms. The molecule has 0 fully saturated rings. The number of carbonyl (C=O) groups excluding carboxylic acids is 1. The number of amides is 1. The number of hydrogen-bond donors (Lipinski definition) is 1. The summed E-state index contributed by atoms with van der Waals surface area (Å²) in [6.07, 6.45) is 1.64. The van der Waals surface area contributed by atoms with E-state index in [1.165, 1.54) is 17.3 Å². The first-order chi connectivity index (χ1) is 18.2. The summed E-state index contributed by atoms with van der Waals surface area (Å²) in [5.41, 5.74) is 8.85. The van der Waals surface area contributed by atoms with E-state index in [0.717, 1.165) is 33.8 Å². The van der Waals surface area contributed by atoms with Crippen molar-refractivity contribution in [1.82, 2.24) is 20.2 Å². The van der Waals surface area contributed by atoms with Gasteiger partial charge in [-0.15, -0.1) is 10.2 Å². The van der Waals surface area contributed by atoms with Gasteiger partial charge in [0, 0.05) is 11.3 Å². The highest BCUT2D eigenvalue weighted by molar-refractivity contribution is 7.99. The van der Waals surface area contributed by atoms with Gasteiger partial charge in [0.05, 0.1) is 12.0 Å². The van der Waals surface area contributed by atoms with Gasteiger partial charge in [-0.1, -0.05) is 114 Å². The van der Waals surface area contributed by atoms with Crippen LogP contribution in [0, 0.1) is 6.92 Å². The Morgan fingerprint density at radius 3 is 2.11 bits per heavy atom. The minimum absolute atomic E-state index is 0.156. The molecule has 0 bridgehead atoms. The molecule has 0 saturated carbocycles. The summed E-state index contributed by atoms with van der Waals surface area (Å²) in [6, 6.07) is 36.3. The maximum absolute atomic E-state index is 12.5. The second-order valence-corrected chi connectivity index (χ2v) is 9.36. The SMILES string of the molecule is Cc1ccc(-n2c(SCC(=O)N/N=C\c3ccc(-c4ccccc4)cc3)nnc2-c2ccccc2)cc1. The van der Waals surface area contributed by atoms with Crippen molar-refractivity contribution in [3.63, 3.8) is 0 Å². The number of aryl methyl sites for hydroxylation is 1. The van der Waals surface area contributed by atoms with Gasteiger partial charge < -0.3 is 0 Å². The number of benzene rings is 4. The van der Waals surface area contributed by atoms with Crippen molar-refractivity contribution in [3.05, 3.63) is 120 Å². The van der Waals surface area contributed by atoms with Crippen LogP contribution in [0.3, 0.4) is 0 Å². The molecule has 0 atom stereocenters. The van der Waals surface area contributed by atoms with E-state index in [4.69, 9.17) is 0 Å². The Hall–Kier alpha value is -4.49. The highest BCUT2D eigenvalue weighted by Gasteiger charge is 2.17. The molecule has 5 aromatic rings. The lowest BCUT2D eigenvalue weighted by atomic mass is 10.0. The van der Waals surface area contributed by atoms with Crippen LogP contribution >= 0.6 is 11.8 Å². The Balaban J connectivity index is 1.24. The third kappa shape index (κ3) is 6.02. The molecule has 1 N–H and O–H groups in total. The van der Waals surface area contributed by atoms with E-state index in [1.807, 2.05) is 109 Å². The zero-order valence-electron chi connectivity index (χ0n) is 20.3. The predicted octanol–water partition coefficient (Wildman–Crippen LogP) is 6.15. The zero-order valence-corrected chi connectivity index (χ0v) is 21.1. The van der Waals surface area contributed by atoms with Gasteiger partial charge >= 0.3 is 0 Å². The van der Waals surface area contributed by atoms with E-state index in [9.17, 15) is 4.79 Å². The molecule has 0 radical (unpaired) electrons. The predicted molar refractivity (Wildman–Crippen MR) is 150 cm³/mol. The topological polar surface area (TPSA) is 72.2 Å². The van der Waals surface area contributed by atoms with E-state index in [2.05, 4.69) is 32.9 Å². The van der Waals surface area contributed by atoms with E-state index in [-0.39, 0.29) is 11.7 Å². The average Bonchev–Trinajstić information content (AvgIpc) is 3.38. The first kappa shape index (κ1) is 24.2. The van der Waals surface area contributed by atoms with Crippen molar-refractivity contribution in [2.24, 2.45) is 5.10 Å². The van der Waals surface area contributed by atoms with Crippen LogP contribution in [-0.4, -0.2) is 32.6 Å². The van der Waals surface area contributed by atoms with E-state index in [0.29, 0.717) is 5.16 Å². The Morgan fingerprint density at radius 2 is 1.43 bits per heavy atom. The van der Waals surface area contributed by atoms with E-state index >= 15 is 0 Å². The Labute approximate surface area is 220 Å². The van der Waals surface area contributed by atoms with Crippen LogP contribution in [0.25, 0.3) is 28.2 Å². The van der Waals surface area contributed by atoms with Crippen LogP contribution in [0.2, 0.25) is 0 Å². The van der Waals surface area contributed by atoms with Gasteiger partial charge in [0.2, 0.25) is 0 Å². The van der Waals surface area contributed by atoms with E-state index < -0.39 is 0 Å². The van der Waals surface area contributed by atoms with Crippen LogP contribution in [0.15, 0.2) is 119 Å². The number of rotatable bonds is 8. The summed E-state index contributed by atoms with van der Waals surface area (Å²) in [4.78, 5) is 12.5. The lowest BCUT2D eigenvalue weighted by Gasteiger charge is -2.10. The van der Waals surface area contributed by atoms with Gasteiger partial charge in [0.1, 0.15) is 0 Å². The lowest BCUT2D eigenvalue weighted by Crippen LogP contribution is -2.20. The molecule has 0 saturated heterocycles. The minimum Gasteiger partial charge on any atom is -0.272 e. The van der Waals surface area contributed by atoms with Gasteiger partial charge in [-0.2, -0.15) is 5.10 Å². The molecular weight excluding hydrogens is 478 g/mol. The average molecular weight is 504 g/mol. The van der Waals surface area contributed by atoms with Crippen molar-refractivity contribution in [3.8, 4) is 28.2 Å². The number of hydrogen-bond acceptors (Lipinski definition) is 5. The molecule has 7 heteroatoms. The third-order valence-electron chi connectivity index (χ3n) is 5.71. The largest absolute Gasteiger partial charge is 0.272 e. The fourth-order valence-corrected chi connectivity index (χ4v) is 4.54. The second kappa shape index (κ2) is 11.5. The van der Waals surface area contributed by atoms with Crippen LogP contribution in [0.1, 0.15) is 11.1 Å². The minimum atomic E-state index is -0.220. The molecule has 0 aliphatic heterocycles. The molecule has 1 aromatic heterocycles. The smallest absolute Gasteiger partial charge is 0.250 e. The molecule has 1 heterocycles. The molecule has 0 unspecified atom stereocenters. The van der Waals surface area contributed by atoms with Crippen molar-refractivity contribution >= 4 is 23.9 Å². The number of nitrogens with zero attached hydrogens (tertiary/aromatic N) is 4. The molecule has 37 heavy (non-hydrogen) atoms. The molecule has 5 rings (SSSR count). The van der Waals surface area contributed by atoms with Crippen LogP contribution in [0.4, 0.5) is 0 Å². The fraction of sp³-hybridized carbons (Fsp3) is 0.0667. The van der Waals surface area contributed by atoms with Crippen LogP contribution in [0.5, 0.6) is 0 Å². The molecular formula is C30H25N5OS. The van der Waals surface area contributed by atoms with Crippen LogP contribution in [-0.2, 0) is 4.79 Å². The molecule has 6 nitrogen and oxygen atoms in total. The summed E-state index contributed by atoms with van der Waals surface area (Å²) in [5.74, 6) is 0.662. The zero-order chi connectivity index (χ0) is 25.5. The Morgan fingerprint density at radius 1 is 0.811 bits per heavy atom. The maximum Gasteiger partial charge on any atom is 0.250 e. The monoisotopic (exact) mass is 503 g/mol. The normalized spacial score (nSPS) is 11.1. The standard InChI is InChI=1S/C30H25N5OS/c1-22-12-18-27(19-13-22)35-29(26-10-6-3-7-11-26)33-34-30(35)37-21-28(36)32-31-20-23-14-16-25(17-15-23)24-8-4-2-5-9-24/h2-20H,21H2,1H3,(H,32,36)/b31-20-. The Kier molecular flexibility index (Phi) is 7.52. The quantitative estimate of drug-likeness (QED) is 0.157. The van der Waals surface area contributed by atoms with Crippen LogP contribution < -0.4 is 5.43 Å². The van der Waals surface area contributed by atoms with Gasteiger partial charge in [-0.25, -0.2) is 5.43 Å². The number of carbonyl (C=O) groups is 1. The van der Waals surface area contributed by atoms with Gasteiger partial charge in [-0.3, -0.25) is 9.36 Å². The number of thioether (sulfide) groups is 1. The van der Waals surface area contributed by atoms with Crippen molar-refractivity contribution in [2.75, 3.05) is 5.75 Å². The molecule has 4 aromatic carbocycles. The number of nitrogens with one attached hydrogen (secondary N) is 1. The third-order valence-corrected chi connectivity index (χ3v) is 6.64. The Bertz CT molecular complexity index is 1500. The van der Waals surface area contributed by atoms with Crippen molar-refractivity contribution in [2.45, 2.75) is 12.1 Å². The summed E-state index contributed by atoms with van der Waals surface area (Å²) >= 11 is 1.32. The molecule has 1 amide bonds. The van der Waals surface area contributed by atoms with Gasteiger partial charge in [0.25, 0.3) is 5.91 Å². The van der Waals surface area contributed by atoms with E-state index in [1.54, 1.807) is 6.21 Å². The first-order valence-electron chi connectivity index (χ1n) is 11.9. The van der Waals surface area contributed by atoms with Crippen molar-refractivity contribution < 1.29 is 4.79 Å².